The Bertz CT molecular complexity index is 1930. The third-order valence-electron chi connectivity index (χ3n) is 6.72. The third-order valence-corrected chi connectivity index (χ3v) is 6.72. The highest BCUT2D eigenvalue weighted by atomic mass is 16.6. The molecule has 44 heavy (non-hydrogen) atoms. The summed E-state index contributed by atoms with van der Waals surface area (Å²) in [5.74, 6) is 1.25. The first-order chi connectivity index (χ1) is 21.3. The van der Waals surface area contributed by atoms with Gasteiger partial charge in [-0.2, -0.15) is 10.2 Å². The third kappa shape index (κ3) is 5.85. The molecule has 4 N–H and O–H groups in total. The molecule has 0 amide bonds. The first-order valence-electron chi connectivity index (χ1n) is 13.2. The molecule has 0 aliphatic carbocycles. The van der Waals surface area contributed by atoms with E-state index in [9.17, 15) is 20.3 Å². The summed E-state index contributed by atoms with van der Waals surface area (Å²) in [6, 6.07) is 27.3. The Morgan fingerprint density at radius 3 is 1.66 bits per heavy atom. The second-order valence-electron chi connectivity index (χ2n) is 9.33. The van der Waals surface area contributed by atoms with Crippen molar-refractivity contribution in [3.05, 3.63) is 120 Å². The van der Waals surface area contributed by atoms with Crippen LogP contribution in [0.15, 0.2) is 109 Å². The maximum absolute atomic E-state index is 11.2. The van der Waals surface area contributed by atoms with Gasteiger partial charge in [0.05, 0.1) is 54.3 Å². The second kappa shape index (κ2) is 12.7. The van der Waals surface area contributed by atoms with Crippen molar-refractivity contribution >= 4 is 11.4 Å². The van der Waals surface area contributed by atoms with Gasteiger partial charge in [0.15, 0.2) is 0 Å². The van der Waals surface area contributed by atoms with Crippen LogP contribution in [0.1, 0.15) is 0 Å². The SMILES string of the molecule is COc1ccc(-c2ccnn2-c2ccccc2N)c(O)c1.COc1ccc(-c2ccnn2-c2ccccc2[N+](=O)[O-])c(O)c1. The Kier molecular flexibility index (Phi) is 8.43. The summed E-state index contributed by atoms with van der Waals surface area (Å²) in [5.41, 5.74) is 10.1. The van der Waals surface area contributed by atoms with Gasteiger partial charge in [0.25, 0.3) is 5.69 Å². The number of nitrogen functional groups attached to an aromatic ring is 1. The number of rotatable bonds is 7. The normalized spacial score (nSPS) is 10.5. The van der Waals surface area contributed by atoms with Crippen molar-refractivity contribution in [1.82, 2.24) is 19.6 Å². The molecule has 0 unspecified atom stereocenters. The fourth-order valence-electron chi connectivity index (χ4n) is 4.59. The molecule has 0 fully saturated rings. The molecule has 12 nitrogen and oxygen atoms in total. The Morgan fingerprint density at radius 1 is 0.705 bits per heavy atom. The van der Waals surface area contributed by atoms with Crippen LogP contribution >= 0.6 is 0 Å². The lowest BCUT2D eigenvalue weighted by molar-refractivity contribution is -0.384. The van der Waals surface area contributed by atoms with E-state index in [1.54, 1.807) is 72.6 Å². The number of para-hydroxylation sites is 4. The van der Waals surface area contributed by atoms with Crippen LogP contribution in [-0.2, 0) is 0 Å². The lowest BCUT2D eigenvalue weighted by Crippen LogP contribution is -2.03. The van der Waals surface area contributed by atoms with Crippen molar-refractivity contribution in [3.63, 3.8) is 0 Å². The predicted molar refractivity (Wildman–Crippen MR) is 166 cm³/mol. The Balaban J connectivity index is 0.000000175. The molecule has 222 valence electrons. The zero-order valence-electron chi connectivity index (χ0n) is 23.7. The highest BCUT2D eigenvalue weighted by molar-refractivity contribution is 5.72. The zero-order valence-corrected chi connectivity index (χ0v) is 23.7. The molecule has 2 heterocycles. The summed E-state index contributed by atoms with van der Waals surface area (Å²) in [6.45, 7) is 0. The Labute approximate surface area is 251 Å². The number of methoxy groups -OCH3 is 2. The summed E-state index contributed by atoms with van der Waals surface area (Å²) >= 11 is 0. The molecule has 0 bridgehead atoms. The van der Waals surface area contributed by atoms with Crippen LogP contribution in [0.4, 0.5) is 11.4 Å². The summed E-state index contributed by atoms with van der Waals surface area (Å²) in [5, 5.41) is 40.0. The number of phenolic OH excluding ortho intramolecular Hbond substituents is 2. The lowest BCUT2D eigenvalue weighted by Gasteiger charge is -2.11. The highest BCUT2D eigenvalue weighted by Crippen LogP contribution is 2.36. The van der Waals surface area contributed by atoms with E-state index in [1.807, 2.05) is 30.3 Å². The lowest BCUT2D eigenvalue weighted by atomic mass is 10.1. The molecule has 0 aliphatic rings. The first-order valence-corrected chi connectivity index (χ1v) is 13.2. The first kappa shape index (κ1) is 29.2. The Morgan fingerprint density at radius 2 is 1.18 bits per heavy atom. The Hall–Kier alpha value is -6.30. The van der Waals surface area contributed by atoms with Gasteiger partial charge in [-0.15, -0.1) is 0 Å². The van der Waals surface area contributed by atoms with E-state index >= 15 is 0 Å². The maximum Gasteiger partial charge on any atom is 0.294 e. The smallest absolute Gasteiger partial charge is 0.294 e. The van der Waals surface area contributed by atoms with Crippen molar-refractivity contribution in [1.29, 1.82) is 0 Å². The summed E-state index contributed by atoms with van der Waals surface area (Å²) in [6.07, 6.45) is 3.20. The second-order valence-corrected chi connectivity index (χ2v) is 9.33. The van der Waals surface area contributed by atoms with Crippen LogP contribution in [0, 0.1) is 10.1 Å². The van der Waals surface area contributed by atoms with Crippen LogP contribution in [0.3, 0.4) is 0 Å². The average Bonchev–Trinajstić information content (AvgIpc) is 3.72. The summed E-state index contributed by atoms with van der Waals surface area (Å²) < 4.78 is 13.3. The van der Waals surface area contributed by atoms with Crippen molar-refractivity contribution in [3.8, 4) is 56.9 Å². The summed E-state index contributed by atoms with van der Waals surface area (Å²) in [4.78, 5) is 10.8. The van der Waals surface area contributed by atoms with Gasteiger partial charge in [-0.3, -0.25) is 10.1 Å². The number of aromatic hydroxyl groups is 2. The number of nitro groups is 1. The highest BCUT2D eigenvalue weighted by Gasteiger charge is 2.19. The van der Waals surface area contributed by atoms with Gasteiger partial charge < -0.3 is 25.4 Å². The standard InChI is InChI=1S/C16H13N3O4.C16H15N3O2/c1-23-11-6-7-12(16(20)10-11)13-8-9-17-18(13)14-4-2-3-5-15(14)19(21)22;1-21-11-6-7-12(16(20)10-11)14-8-9-18-19(14)15-5-3-2-4-13(15)17/h2-10,20H,1H3;2-10,20H,17H2,1H3. The average molecular weight is 593 g/mol. The molecule has 0 spiro atoms. The van der Waals surface area contributed by atoms with Crippen molar-refractivity contribution < 1.29 is 24.6 Å². The van der Waals surface area contributed by atoms with Gasteiger partial charge in [0.1, 0.15) is 28.7 Å². The van der Waals surface area contributed by atoms with Gasteiger partial charge >= 0.3 is 0 Å². The molecule has 0 radical (unpaired) electrons. The number of aromatic nitrogens is 4. The van der Waals surface area contributed by atoms with Gasteiger partial charge in [-0.05, 0) is 54.6 Å². The minimum atomic E-state index is -0.464. The molecular formula is C32H28N6O6. The van der Waals surface area contributed by atoms with Crippen LogP contribution in [-0.4, -0.2) is 48.9 Å². The molecular weight excluding hydrogens is 564 g/mol. The summed E-state index contributed by atoms with van der Waals surface area (Å²) in [7, 11) is 3.06. The van der Waals surface area contributed by atoms with Crippen LogP contribution in [0.25, 0.3) is 33.9 Å². The molecule has 0 saturated carbocycles. The van der Waals surface area contributed by atoms with Crippen LogP contribution in [0.5, 0.6) is 23.0 Å². The number of nitro benzene ring substituents is 1. The van der Waals surface area contributed by atoms with E-state index in [0.29, 0.717) is 39.7 Å². The quantitative estimate of drug-likeness (QED) is 0.115. The van der Waals surface area contributed by atoms with Gasteiger partial charge in [-0.1, -0.05) is 24.3 Å². The number of nitrogens with zero attached hydrogens (tertiary/aromatic N) is 5. The molecule has 2 aromatic heterocycles. The fourth-order valence-corrected chi connectivity index (χ4v) is 4.59. The van der Waals surface area contributed by atoms with E-state index in [2.05, 4.69) is 10.2 Å². The van der Waals surface area contributed by atoms with E-state index in [1.165, 1.54) is 30.1 Å². The minimum Gasteiger partial charge on any atom is -0.507 e. The molecule has 0 aliphatic heterocycles. The fraction of sp³-hybridized carbons (Fsp3) is 0.0625. The van der Waals surface area contributed by atoms with E-state index in [0.717, 1.165) is 11.4 Å². The van der Waals surface area contributed by atoms with Gasteiger partial charge in [-0.25, -0.2) is 9.36 Å². The monoisotopic (exact) mass is 592 g/mol. The van der Waals surface area contributed by atoms with Crippen molar-refractivity contribution in [2.24, 2.45) is 0 Å². The zero-order chi connectivity index (χ0) is 31.2. The minimum absolute atomic E-state index is 0.00434. The number of phenols is 2. The number of hydrogen-bond donors (Lipinski definition) is 3. The van der Waals surface area contributed by atoms with Crippen molar-refractivity contribution in [2.45, 2.75) is 0 Å². The van der Waals surface area contributed by atoms with Crippen molar-refractivity contribution in [2.75, 3.05) is 20.0 Å². The number of anilines is 1. The number of hydrogen-bond acceptors (Lipinski definition) is 9. The van der Waals surface area contributed by atoms with E-state index < -0.39 is 4.92 Å². The van der Waals surface area contributed by atoms with Gasteiger partial charge in [0.2, 0.25) is 0 Å². The van der Waals surface area contributed by atoms with Crippen LogP contribution < -0.4 is 15.2 Å². The molecule has 12 heteroatoms. The number of nitrogens with two attached hydrogens (primary N) is 1. The van der Waals surface area contributed by atoms with E-state index in [4.69, 9.17) is 15.2 Å². The van der Waals surface area contributed by atoms with E-state index in [-0.39, 0.29) is 17.2 Å². The molecule has 0 atom stereocenters. The predicted octanol–water partition coefficient (Wildman–Crippen LogP) is 6.00. The number of benzene rings is 4. The van der Waals surface area contributed by atoms with Gasteiger partial charge in [0, 0.05) is 29.3 Å². The molecule has 0 saturated heterocycles. The maximum atomic E-state index is 11.2. The van der Waals surface area contributed by atoms with Crippen LogP contribution in [0.2, 0.25) is 0 Å². The molecule has 6 aromatic rings. The largest absolute Gasteiger partial charge is 0.507 e. The topological polar surface area (TPSA) is 164 Å². The molecule has 4 aromatic carbocycles. The molecule has 6 rings (SSSR count). The number of ether oxygens (including phenoxy) is 2.